The summed E-state index contributed by atoms with van der Waals surface area (Å²) in [4.78, 5) is 13.7. The fraction of sp³-hybridized carbons (Fsp3) is 0.969. The Hall–Kier alpha value is -0.650. The highest BCUT2D eigenvalue weighted by Crippen LogP contribution is 2.35. The zero-order chi connectivity index (χ0) is 29.9. The Morgan fingerprint density at radius 2 is 1.68 bits per heavy atom. The molecule has 11 unspecified atom stereocenters. The van der Waals surface area contributed by atoms with E-state index in [1.165, 1.54) is 0 Å². The fourth-order valence-electron chi connectivity index (χ4n) is 7.49. The highest BCUT2D eigenvalue weighted by Gasteiger charge is 2.38. The molecule has 1 aliphatic heterocycles. The third-order valence-corrected chi connectivity index (χ3v) is 10.1. The largest absolute Gasteiger partial charge is 0.392 e. The third kappa shape index (κ3) is 11.4. The lowest BCUT2D eigenvalue weighted by Crippen LogP contribution is -2.94. The van der Waals surface area contributed by atoms with Gasteiger partial charge < -0.3 is 35.2 Å². The Bertz CT molecular complexity index is 756. The molecule has 1 heterocycles. The molecule has 8 N–H and O–H groups in total. The minimum Gasteiger partial charge on any atom is -0.392 e. The molecular weight excluding hydrogens is 524 g/mol. The SMILES string of the molecule is COC1CC(CCC(O)C(CC2CC[NH2+]C(N)C2)C(=O)CCC2CC(O)C(O)C(OCCCC(C)C)C2)CCC1O. The molecule has 0 aromatic carbocycles. The van der Waals surface area contributed by atoms with Crippen molar-refractivity contribution >= 4 is 5.78 Å². The van der Waals surface area contributed by atoms with Crippen LogP contribution in [0.4, 0.5) is 0 Å². The monoisotopic (exact) mass is 585 g/mol. The number of methoxy groups -OCH3 is 1. The number of rotatable bonds is 16. The van der Waals surface area contributed by atoms with Gasteiger partial charge in [-0.2, -0.15) is 0 Å². The van der Waals surface area contributed by atoms with Crippen molar-refractivity contribution in [2.75, 3.05) is 20.3 Å². The van der Waals surface area contributed by atoms with Gasteiger partial charge in [0.15, 0.2) is 0 Å². The van der Waals surface area contributed by atoms with E-state index in [0.717, 1.165) is 51.5 Å². The number of hydrogen-bond acceptors (Lipinski definition) is 8. The molecule has 9 nitrogen and oxygen atoms in total. The number of carbonyl (C=O) groups excluding carboxylic acids is 1. The molecule has 240 valence electrons. The summed E-state index contributed by atoms with van der Waals surface area (Å²) in [5.74, 6) is 1.09. The van der Waals surface area contributed by atoms with Crippen LogP contribution in [0.15, 0.2) is 0 Å². The second-order valence-corrected chi connectivity index (χ2v) is 13.9. The Morgan fingerprint density at radius 3 is 2.39 bits per heavy atom. The van der Waals surface area contributed by atoms with E-state index in [2.05, 4.69) is 19.2 Å². The first kappa shape index (κ1) is 34.8. The fourth-order valence-corrected chi connectivity index (χ4v) is 7.49. The number of Topliss-reactive ketones (excluding diaryl/α,β-unsaturated/α-hetero) is 1. The molecule has 41 heavy (non-hydrogen) atoms. The molecule has 9 heteroatoms. The summed E-state index contributed by atoms with van der Waals surface area (Å²) in [5, 5.41) is 44.7. The number of nitrogens with two attached hydrogens (primary N) is 2. The van der Waals surface area contributed by atoms with Gasteiger partial charge in [-0.05, 0) is 101 Å². The lowest BCUT2D eigenvalue weighted by atomic mass is 9.76. The van der Waals surface area contributed by atoms with Crippen LogP contribution in [-0.2, 0) is 14.3 Å². The van der Waals surface area contributed by atoms with Gasteiger partial charge in [-0.3, -0.25) is 10.5 Å². The van der Waals surface area contributed by atoms with Crippen molar-refractivity contribution in [1.29, 1.82) is 0 Å². The molecule has 0 bridgehead atoms. The van der Waals surface area contributed by atoms with E-state index < -0.39 is 36.4 Å². The molecule has 0 spiro atoms. The molecule has 3 fully saturated rings. The van der Waals surface area contributed by atoms with E-state index >= 15 is 0 Å². The van der Waals surface area contributed by atoms with Crippen molar-refractivity contribution in [3.05, 3.63) is 0 Å². The summed E-state index contributed by atoms with van der Waals surface area (Å²) >= 11 is 0. The Balaban J connectivity index is 1.55. The van der Waals surface area contributed by atoms with E-state index in [9.17, 15) is 25.2 Å². The molecule has 0 aromatic heterocycles. The minimum atomic E-state index is -0.888. The molecule has 0 radical (unpaired) electrons. The smallest absolute Gasteiger partial charge is 0.138 e. The van der Waals surface area contributed by atoms with Crippen LogP contribution in [0.5, 0.6) is 0 Å². The van der Waals surface area contributed by atoms with Crippen LogP contribution in [0.3, 0.4) is 0 Å². The van der Waals surface area contributed by atoms with Crippen molar-refractivity contribution in [2.45, 2.75) is 147 Å². The van der Waals surface area contributed by atoms with E-state index in [0.29, 0.717) is 69.3 Å². The summed E-state index contributed by atoms with van der Waals surface area (Å²) in [7, 11) is 1.64. The van der Waals surface area contributed by atoms with Crippen LogP contribution >= 0.6 is 0 Å². The van der Waals surface area contributed by atoms with Crippen LogP contribution < -0.4 is 11.1 Å². The topological polar surface area (TPSA) is 159 Å². The number of ether oxygens (including phenoxy) is 2. The second kappa shape index (κ2) is 17.6. The van der Waals surface area contributed by atoms with E-state index in [1.807, 2.05) is 0 Å². The highest BCUT2D eigenvalue weighted by molar-refractivity contribution is 5.81. The molecule has 2 aliphatic carbocycles. The van der Waals surface area contributed by atoms with Gasteiger partial charge in [0.05, 0.1) is 37.1 Å². The van der Waals surface area contributed by atoms with E-state index in [4.69, 9.17) is 15.2 Å². The zero-order valence-corrected chi connectivity index (χ0v) is 25.9. The summed E-state index contributed by atoms with van der Waals surface area (Å²) < 4.78 is 11.4. The first-order chi connectivity index (χ1) is 19.6. The number of quaternary nitrogens is 1. The highest BCUT2D eigenvalue weighted by atomic mass is 16.5. The van der Waals surface area contributed by atoms with Gasteiger partial charge in [0.2, 0.25) is 0 Å². The number of hydrogen-bond donors (Lipinski definition) is 6. The number of ketones is 1. The molecule has 0 aromatic rings. The van der Waals surface area contributed by atoms with E-state index in [-0.39, 0.29) is 24.0 Å². The molecule has 2 saturated carbocycles. The van der Waals surface area contributed by atoms with Crippen molar-refractivity contribution in [3.63, 3.8) is 0 Å². The number of carbonyl (C=O) groups is 1. The van der Waals surface area contributed by atoms with Crippen LogP contribution in [0.25, 0.3) is 0 Å². The van der Waals surface area contributed by atoms with Crippen molar-refractivity contribution in [2.24, 2.45) is 35.3 Å². The Labute approximate surface area is 247 Å². The number of piperidine rings is 1. The Morgan fingerprint density at radius 1 is 0.927 bits per heavy atom. The van der Waals surface area contributed by atoms with Gasteiger partial charge in [-0.25, -0.2) is 0 Å². The van der Waals surface area contributed by atoms with Crippen molar-refractivity contribution in [3.8, 4) is 0 Å². The quantitative estimate of drug-likeness (QED) is 0.150. The average molecular weight is 586 g/mol. The summed E-state index contributed by atoms with van der Waals surface area (Å²) in [6, 6.07) is 0. The Kier molecular flexibility index (Phi) is 15.0. The molecule has 3 rings (SSSR count). The lowest BCUT2D eigenvalue weighted by Gasteiger charge is -2.37. The third-order valence-electron chi connectivity index (χ3n) is 10.1. The molecule has 1 saturated heterocycles. The summed E-state index contributed by atoms with van der Waals surface area (Å²) in [6.07, 6.45) is 7.04. The van der Waals surface area contributed by atoms with Gasteiger partial charge >= 0.3 is 0 Å². The molecule has 0 amide bonds. The second-order valence-electron chi connectivity index (χ2n) is 13.9. The van der Waals surface area contributed by atoms with Gasteiger partial charge in [0.1, 0.15) is 18.1 Å². The normalized spacial score (nSPS) is 36.3. The minimum absolute atomic E-state index is 0.0499. The van der Waals surface area contributed by atoms with Crippen molar-refractivity contribution in [1.82, 2.24) is 0 Å². The van der Waals surface area contributed by atoms with E-state index in [1.54, 1.807) is 7.11 Å². The molecule has 11 atom stereocenters. The maximum absolute atomic E-state index is 13.7. The summed E-state index contributed by atoms with van der Waals surface area (Å²) in [5.41, 5.74) is 6.21. The van der Waals surface area contributed by atoms with Crippen molar-refractivity contribution < 1.29 is 40.0 Å². The number of aliphatic hydroxyl groups excluding tert-OH is 4. The zero-order valence-electron chi connectivity index (χ0n) is 25.9. The van der Waals surface area contributed by atoms with Gasteiger partial charge in [-0.1, -0.05) is 13.8 Å². The first-order valence-electron chi connectivity index (χ1n) is 16.6. The van der Waals surface area contributed by atoms with Gasteiger partial charge in [0, 0.05) is 32.5 Å². The molecular formula is C32H61N2O7+. The standard InChI is InChI=1S/C32H60N2O7/c1-20(2)5-4-14-41-30-18-22(16-28(38)32(30)39)8-10-26(36)24(15-23-12-13-34-31(33)19-23)25(35)9-6-21-7-11-27(37)29(17-21)40-3/h20-25,27-32,34-35,37-39H,4-19,33H2,1-3H3/p+1. The predicted molar refractivity (Wildman–Crippen MR) is 158 cm³/mol. The average Bonchev–Trinajstić information content (AvgIpc) is 2.94. The van der Waals surface area contributed by atoms with Crippen LogP contribution in [0.2, 0.25) is 0 Å². The molecule has 3 aliphatic rings. The van der Waals surface area contributed by atoms with Gasteiger partial charge in [-0.15, -0.1) is 0 Å². The lowest BCUT2D eigenvalue weighted by molar-refractivity contribution is -0.699. The first-order valence-corrected chi connectivity index (χ1v) is 16.6. The maximum Gasteiger partial charge on any atom is 0.138 e. The van der Waals surface area contributed by atoms with Crippen LogP contribution in [0, 0.1) is 29.6 Å². The maximum atomic E-state index is 13.7. The number of aliphatic hydroxyl groups is 4. The summed E-state index contributed by atoms with van der Waals surface area (Å²) in [6.45, 7) is 5.87. The van der Waals surface area contributed by atoms with Crippen LogP contribution in [0.1, 0.15) is 104 Å². The van der Waals surface area contributed by atoms with Gasteiger partial charge in [0.25, 0.3) is 0 Å². The predicted octanol–water partition coefficient (Wildman–Crippen LogP) is 1.87. The van der Waals surface area contributed by atoms with Crippen LogP contribution in [-0.4, -0.2) is 89.3 Å².